The van der Waals surface area contributed by atoms with E-state index in [2.05, 4.69) is 55.1 Å². The molecule has 0 amide bonds. The minimum atomic E-state index is -0.494. The molecule has 2 N–H and O–H groups in total. The van der Waals surface area contributed by atoms with Gasteiger partial charge < -0.3 is 15.2 Å². The van der Waals surface area contributed by atoms with Gasteiger partial charge in [0, 0.05) is 24.8 Å². The lowest BCUT2D eigenvalue weighted by molar-refractivity contribution is 0.527. The van der Waals surface area contributed by atoms with Crippen LogP contribution in [0.3, 0.4) is 0 Å². The number of hydrogen-bond acceptors (Lipinski definition) is 7. The number of rotatable bonds is 6. The Morgan fingerprint density at radius 2 is 2.00 bits per heavy atom. The zero-order chi connectivity index (χ0) is 19.6. The van der Waals surface area contributed by atoms with Crippen molar-refractivity contribution in [2.24, 2.45) is 5.41 Å². The van der Waals surface area contributed by atoms with Crippen molar-refractivity contribution >= 4 is 28.6 Å². The fourth-order valence-electron chi connectivity index (χ4n) is 2.82. The lowest BCUT2D eigenvalue weighted by Crippen LogP contribution is -2.22. The molecule has 140 valence electrons. The average molecular weight is 364 g/mol. The Balaban J connectivity index is 1.82. The lowest BCUT2D eigenvalue weighted by atomic mass is 9.96. The summed E-state index contributed by atoms with van der Waals surface area (Å²) in [6, 6.07) is 6.31. The van der Waals surface area contributed by atoms with Crippen molar-refractivity contribution in [3.8, 4) is 6.07 Å². The molecule has 8 heteroatoms. The zero-order valence-corrected chi connectivity index (χ0v) is 16.3. The maximum absolute atomic E-state index is 9.11. The van der Waals surface area contributed by atoms with Crippen molar-refractivity contribution in [3.05, 3.63) is 30.4 Å². The molecule has 0 bridgehead atoms. The van der Waals surface area contributed by atoms with E-state index in [9.17, 15) is 0 Å². The van der Waals surface area contributed by atoms with Gasteiger partial charge in [-0.2, -0.15) is 10.2 Å². The summed E-state index contributed by atoms with van der Waals surface area (Å²) in [4.78, 5) is 17.6. The van der Waals surface area contributed by atoms with Crippen LogP contribution >= 0.6 is 0 Å². The van der Waals surface area contributed by atoms with Crippen LogP contribution in [0.2, 0.25) is 0 Å². The first-order valence-electron chi connectivity index (χ1n) is 8.89. The quantitative estimate of drug-likeness (QED) is 0.685. The molecule has 27 heavy (non-hydrogen) atoms. The maximum atomic E-state index is 9.11. The van der Waals surface area contributed by atoms with Crippen LogP contribution in [0.15, 0.2) is 24.5 Å². The molecule has 0 atom stereocenters. The predicted molar refractivity (Wildman–Crippen MR) is 106 cm³/mol. The highest BCUT2D eigenvalue weighted by atomic mass is 15.2. The van der Waals surface area contributed by atoms with Gasteiger partial charge in [0.25, 0.3) is 0 Å². The Morgan fingerprint density at radius 3 is 2.70 bits per heavy atom. The number of hydrogen-bond donors (Lipinski definition) is 2. The predicted octanol–water partition coefficient (Wildman–Crippen LogP) is 3.82. The number of nitrogens with zero attached hydrogens (tertiary/aromatic N) is 6. The molecule has 0 spiro atoms. The highest BCUT2D eigenvalue weighted by Gasteiger charge is 2.17. The van der Waals surface area contributed by atoms with Crippen LogP contribution in [0.5, 0.6) is 0 Å². The Kier molecular flexibility index (Phi) is 4.95. The number of fused-ring (bicyclic) bond motifs is 1. The highest BCUT2D eigenvalue weighted by molar-refractivity contribution is 5.79. The van der Waals surface area contributed by atoms with Crippen LogP contribution in [0.25, 0.3) is 11.0 Å². The normalized spacial score (nSPS) is 11.6. The average Bonchev–Trinajstić information content (AvgIpc) is 2.96. The van der Waals surface area contributed by atoms with E-state index in [0.717, 1.165) is 16.9 Å². The van der Waals surface area contributed by atoms with E-state index in [1.807, 2.05) is 26.8 Å². The summed E-state index contributed by atoms with van der Waals surface area (Å²) in [5.41, 5.74) is 1.41. The summed E-state index contributed by atoms with van der Waals surface area (Å²) in [5, 5.41) is 15.4. The smallest absolute Gasteiger partial charge is 0.224 e. The molecule has 3 heterocycles. The van der Waals surface area contributed by atoms with Crippen LogP contribution in [0.1, 0.15) is 39.6 Å². The molecule has 3 rings (SSSR count). The number of imidazole rings is 1. The number of aryl methyl sites for hydroxylation is 1. The summed E-state index contributed by atoms with van der Waals surface area (Å²) in [7, 11) is 0. The molecule has 0 aliphatic heterocycles. The van der Waals surface area contributed by atoms with Crippen molar-refractivity contribution in [3.63, 3.8) is 0 Å². The van der Waals surface area contributed by atoms with Gasteiger partial charge in [-0.1, -0.05) is 0 Å². The van der Waals surface area contributed by atoms with Gasteiger partial charge in [0.05, 0.1) is 23.2 Å². The van der Waals surface area contributed by atoms with Crippen LogP contribution < -0.4 is 10.6 Å². The molecular formula is C19H24N8. The van der Waals surface area contributed by atoms with E-state index in [1.54, 1.807) is 18.5 Å². The molecule has 0 radical (unpaired) electrons. The Morgan fingerprint density at radius 1 is 1.22 bits per heavy atom. The Hall–Kier alpha value is -3.21. The van der Waals surface area contributed by atoms with Gasteiger partial charge in [0.1, 0.15) is 23.0 Å². The molecule has 3 aromatic rings. The van der Waals surface area contributed by atoms with Gasteiger partial charge in [-0.15, -0.1) is 0 Å². The van der Waals surface area contributed by atoms with Gasteiger partial charge in [0.15, 0.2) is 0 Å². The first-order chi connectivity index (χ1) is 12.8. The number of nitrogens with one attached hydrogen (secondary N) is 2. The first-order valence-corrected chi connectivity index (χ1v) is 8.89. The van der Waals surface area contributed by atoms with Crippen molar-refractivity contribution in [2.75, 3.05) is 17.2 Å². The second-order valence-corrected chi connectivity index (χ2v) is 7.42. The van der Waals surface area contributed by atoms with Crippen molar-refractivity contribution in [1.82, 2.24) is 24.5 Å². The topological polar surface area (TPSA) is 104 Å². The monoisotopic (exact) mass is 364 g/mol. The van der Waals surface area contributed by atoms with E-state index in [-0.39, 0.29) is 0 Å². The van der Waals surface area contributed by atoms with E-state index in [1.165, 1.54) is 0 Å². The third kappa shape index (κ3) is 4.14. The largest absolute Gasteiger partial charge is 0.353 e. The van der Waals surface area contributed by atoms with E-state index in [0.29, 0.717) is 30.2 Å². The minimum absolute atomic E-state index is 0.309. The third-order valence-electron chi connectivity index (χ3n) is 4.17. The lowest BCUT2D eigenvalue weighted by Gasteiger charge is -2.16. The molecule has 0 saturated heterocycles. The molecule has 8 nitrogen and oxygen atoms in total. The summed E-state index contributed by atoms with van der Waals surface area (Å²) in [6.45, 7) is 10.4. The van der Waals surface area contributed by atoms with Gasteiger partial charge in [-0.25, -0.2) is 15.0 Å². The van der Waals surface area contributed by atoms with Crippen LogP contribution in [0, 0.1) is 23.7 Å². The van der Waals surface area contributed by atoms with Gasteiger partial charge in [0.2, 0.25) is 5.95 Å². The number of nitriles is 1. The second kappa shape index (κ2) is 7.19. The fourth-order valence-corrected chi connectivity index (χ4v) is 2.82. The van der Waals surface area contributed by atoms with Gasteiger partial charge in [-0.3, -0.25) is 0 Å². The number of anilines is 3. The van der Waals surface area contributed by atoms with Gasteiger partial charge in [-0.05, 0) is 40.7 Å². The molecule has 0 unspecified atom stereocenters. The molecule has 0 fully saturated rings. The van der Waals surface area contributed by atoms with E-state index in [4.69, 9.17) is 5.26 Å². The maximum Gasteiger partial charge on any atom is 0.224 e. The summed E-state index contributed by atoms with van der Waals surface area (Å²) in [6.07, 6.45) is 3.43. The number of pyridine rings is 1. The molecule has 0 saturated carbocycles. The molecular weight excluding hydrogens is 340 g/mol. The third-order valence-corrected chi connectivity index (χ3v) is 4.17. The van der Waals surface area contributed by atoms with Crippen LogP contribution in [0.4, 0.5) is 17.6 Å². The summed E-state index contributed by atoms with van der Waals surface area (Å²) in [5.74, 6) is 2.74. The molecule has 0 aliphatic rings. The molecule has 0 aromatic carbocycles. The minimum Gasteiger partial charge on any atom is -0.353 e. The SMILES string of the molecule is Cc1nc2cnc(Nc3ccnc(NCC(C)(C)C#N)n3)cc2n1C(C)C. The molecule has 0 aliphatic carbocycles. The Bertz CT molecular complexity index is 997. The fraction of sp³-hybridized carbons (Fsp3) is 0.421. The van der Waals surface area contributed by atoms with Crippen LogP contribution in [-0.4, -0.2) is 31.0 Å². The van der Waals surface area contributed by atoms with Crippen molar-refractivity contribution in [2.45, 2.75) is 40.7 Å². The van der Waals surface area contributed by atoms with Crippen LogP contribution in [-0.2, 0) is 0 Å². The van der Waals surface area contributed by atoms with Crippen molar-refractivity contribution < 1.29 is 0 Å². The zero-order valence-electron chi connectivity index (χ0n) is 16.3. The van der Waals surface area contributed by atoms with Gasteiger partial charge >= 0.3 is 0 Å². The first kappa shape index (κ1) is 18.6. The second-order valence-electron chi connectivity index (χ2n) is 7.42. The highest BCUT2D eigenvalue weighted by Crippen LogP contribution is 2.23. The van der Waals surface area contributed by atoms with Crippen molar-refractivity contribution in [1.29, 1.82) is 5.26 Å². The van der Waals surface area contributed by atoms with E-state index < -0.39 is 5.41 Å². The van der Waals surface area contributed by atoms with E-state index >= 15 is 0 Å². The Labute approximate surface area is 158 Å². The number of aromatic nitrogens is 5. The molecule has 3 aromatic heterocycles. The standard InChI is InChI=1S/C19H24N8/c1-12(2)27-13(3)24-14-9-22-17(8-15(14)27)25-16-6-7-21-18(26-16)23-11-19(4,5)10-20/h6-9,12H,11H2,1-5H3,(H2,21,22,23,25,26). The summed E-state index contributed by atoms with van der Waals surface area (Å²) < 4.78 is 2.18. The summed E-state index contributed by atoms with van der Waals surface area (Å²) >= 11 is 0.